The highest BCUT2D eigenvalue weighted by atomic mass is 79.9. The monoisotopic (exact) mass is 413 g/mol. The number of hydrogen-bond acceptors (Lipinski definition) is 4. The number of halogens is 1. The molecule has 0 fully saturated rings. The van der Waals surface area contributed by atoms with E-state index in [0.29, 0.717) is 16.0 Å². The molecule has 2 aromatic rings. The maximum atomic E-state index is 12.9. The van der Waals surface area contributed by atoms with E-state index in [1.165, 1.54) is 24.6 Å². The third-order valence-corrected chi connectivity index (χ3v) is 6.41. The summed E-state index contributed by atoms with van der Waals surface area (Å²) >= 11 is 3.31. The van der Waals surface area contributed by atoms with Crippen molar-refractivity contribution in [2.75, 3.05) is 21.3 Å². The first-order valence-corrected chi connectivity index (χ1v) is 9.46. The number of benzene rings is 2. The Morgan fingerprint density at radius 3 is 2.12 bits per heavy atom. The van der Waals surface area contributed by atoms with Crippen LogP contribution in [0, 0.1) is 6.92 Å². The van der Waals surface area contributed by atoms with Crippen LogP contribution in [0.5, 0.6) is 11.5 Å². The molecular weight excluding hydrogens is 394 g/mol. The lowest BCUT2D eigenvalue weighted by atomic mass is 10.1. The van der Waals surface area contributed by atoms with Crippen molar-refractivity contribution in [2.24, 2.45) is 0 Å². The third-order valence-electron chi connectivity index (χ3n) is 3.65. The molecule has 0 unspecified atom stereocenters. The zero-order chi connectivity index (χ0) is 17.9. The molecule has 24 heavy (non-hydrogen) atoms. The van der Waals surface area contributed by atoms with Crippen LogP contribution in [-0.2, 0) is 16.6 Å². The Morgan fingerprint density at radius 1 is 1.04 bits per heavy atom. The topological polar surface area (TPSA) is 55.8 Å². The Balaban J connectivity index is 2.37. The van der Waals surface area contributed by atoms with Gasteiger partial charge in [0.1, 0.15) is 4.90 Å². The number of ether oxygens (including phenoxy) is 2. The zero-order valence-corrected chi connectivity index (χ0v) is 16.4. The van der Waals surface area contributed by atoms with Gasteiger partial charge >= 0.3 is 0 Å². The van der Waals surface area contributed by atoms with Crippen molar-refractivity contribution in [1.82, 2.24) is 4.31 Å². The van der Waals surface area contributed by atoms with Crippen molar-refractivity contribution in [3.05, 3.63) is 52.0 Å². The van der Waals surface area contributed by atoms with Crippen LogP contribution in [0.15, 0.2) is 45.8 Å². The Kier molecular flexibility index (Phi) is 5.90. The quantitative estimate of drug-likeness (QED) is 0.725. The van der Waals surface area contributed by atoms with Gasteiger partial charge in [0.15, 0.2) is 11.5 Å². The van der Waals surface area contributed by atoms with Crippen molar-refractivity contribution >= 4 is 26.0 Å². The van der Waals surface area contributed by atoms with Gasteiger partial charge in [0.2, 0.25) is 10.0 Å². The highest BCUT2D eigenvalue weighted by Crippen LogP contribution is 2.36. The Bertz CT molecular complexity index is 819. The van der Waals surface area contributed by atoms with Crippen LogP contribution in [-0.4, -0.2) is 34.0 Å². The van der Waals surface area contributed by atoms with Crippen LogP contribution in [0.2, 0.25) is 0 Å². The second kappa shape index (κ2) is 7.55. The van der Waals surface area contributed by atoms with Crippen molar-refractivity contribution in [1.29, 1.82) is 0 Å². The van der Waals surface area contributed by atoms with Gasteiger partial charge in [-0.15, -0.1) is 0 Å². The number of methoxy groups -OCH3 is 2. The van der Waals surface area contributed by atoms with Crippen molar-refractivity contribution in [3.8, 4) is 11.5 Å². The average molecular weight is 414 g/mol. The maximum Gasteiger partial charge on any atom is 0.244 e. The summed E-state index contributed by atoms with van der Waals surface area (Å²) in [6.45, 7) is 2.27. The van der Waals surface area contributed by atoms with Gasteiger partial charge in [0, 0.05) is 24.1 Å². The highest BCUT2D eigenvalue weighted by molar-refractivity contribution is 9.10. The molecule has 0 N–H and O–H groups in total. The van der Waals surface area contributed by atoms with E-state index in [0.717, 1.165) is 11.1 Å². The molecule has 2 rings (SSSR count). The molecule has 2 aromatic carbocycles. The first-order chi connectivity index (χ1) is 11.3. The summed E-state index contributed by atoms with van der Waals surface area (Å²) in [4.78, 5) is 0.134. The highest BCUT2D eigenvalue weighted by Gasteiger charge is 2.25. The van der Waals surface area contributed by atoms with E-state index in [1.807, 2.05) is 31.2 Å². The molecule has 0 aliphatic rings. The van der Waals surface area contributed by atoms with E-state index < -0.39 is 10.0 Å². The second-order valence-corrected chi connectivity index (χ2v) is 8.25. The van der Waals surface area contributed by atoms with Crippen LogP contribution in [0.1, 0.15) is 11.1 Å². The van der Waals surface area contributed by atoms with Gasteiger partial charge in [-0.05, 0) is 34.5 Å². The molecule has 0 aliphatic heterocycles. The predicted molar refractivity (Wildman–Crippen MR) is 97.1 cm³/mol. The summed E-state index contributed by atoms with van der Waals surface area (Å²) in [6.07, 6.45) is 0. The van der Waals surface area contributed by atoms with Gasteiger partial charge in [-0.1, -0.05) is 29.8 Å². The molecule has 0 saturated heterocycles. The average Bonchev–Trinajstić information content (AvgIpc) is 2.56. The van der Waals surface area contributed by atoms with E-state index in [1.54, 1.807) is 13.1 Å². The van der Waals surface area contributed by atoms with Gasteiger partial charge in [-0.25, -0.2) is 8.42 Å². The smallest absolute Gasteiger partial charge is 0.244 e. The van der Waals surface area contributed by atoms with E-state index >= 15 is 0 Å². The number of aryl methyl sites for hydroxylation is 1. The standard InChI is InChI=1S/C17H20BrNO4S/c1-12-5-7-13(8-6-12)11-19(2)24(20,21)17-10-16(23-4)15(22-3)9-14(17)18/h5-10H,11H2,1-4H3. The minimum atomic E-state index is -3.68. The minimum Gasteiger partial charge on any atom is -0.493 e. The first-order valence-electron chi connectivity index (χ1n) is 7.23. The van der Waals surface area contributed by atoms with Crippen LogP contribution >= 0.6 is 15.9 Å². The molecule has 0 spiro atoms. The Hall–Kier alpha value is -1.57. The van der Waals surface area contributed by atoms with E-state index in [4.69, 9.17) is 9.47 Å². The lowest BCUT2D eigenvalue weighted by molar-refractivity contribution is 0.353. The molecule has 0 amide bonds. The molecule has 5 nitrogen and oxygen atoms in total. The van der Waals surface area contributed by atoms with Gasteiger partial charge in [-0.3, -0.25) is 0 Å². The molecule has 0 heterocycles. The molecule has 0 bridgehead atoms. The van der Waals surface area contributed by atoms with Crippen LogP contribution in [0.3, 0.4) is 0 Å². The Morgan fingerprint density at radius 2 is 1.58 bits per heavy atom. The molecule has 0 atom stereocenters. The van der Waals surface area contributed by atoms with Crippen molar-refractivity contribution in [2.45, 2.75) is 18.4 Å². The van der Waals surface area contributed by atoms with Gasteiger partial charge in [0.05, 0.1) is 14.2 Å². The number of nitrogens with zero attached hydrogens (tertiary/aromatic N) is 1. The summed E-state index contributed by atoms with van der Waals surface area (Å²) in [6, 6.07) is 10.8. The van der Waals surface area contributed by atoms with Gasteiger partial charge < -0.3 is 9.47 Å². The van der Waals surface area contributed by atoms with E-state index in [-0.39, 0.29) is 11.4 Å². The molecule has 0 aromatic heterocycles. The SMILES string of the molecule is COc1cc(Br)c(S(=O)(=O)N(C)Cc2ccc(C)cc2)cc1OC. The maximum absolute atomic E-state index is 12.9. The van der Waals surface area contributed by atoms with Gasteiger partial charge in [-0.2, -0.15) is 4.31 Å². The third kappa shape index (κ3) is 3.91. The fourth-order valence-electron chi connectivity index (χ4n) is 2.24. The molecule has 130 valence electrons. The fourth-order valence-corrected chi connectivity index (χ4v) is 4.39. The fraction of sp³-hybridized carbons (Fsp3) is 0.294. The molecule has 7 heteroatoms. The summed E-state index contributed by atoms with van der Waals surface area (Å²) in [7, 11) is 0.842. The van der Waals surface area contributed by atoms with E-state index in [2.05, 4.69) is 15.9 Å². The zero-order valence-electron chi connectivity index (χ0n) is 14.0. The van der Waals surface area contributed by atoms with Gasteiger partial charge in [0.25, 0.3) is 0 Å². The molecule has 0 radical (unpaired) electrons. The predicted octanol–water partition coefficient (Wildman–Crippen LogP) is 3.60. The summed E-state index contributed by atoms with van der Waals surface area (Å²) in [5.74, 6) is 0.826. The van der Waals surface area contributed by atoms with Crippen LogP contribution in [0.4, 0.5) is 0 Å². The van der Waals surface area contributed by atoms with Crippen molar-refractivity contribution < 1.29 is 17.9 Å². The summed E-state index contributed by atoms with van der Waals surface area (Å²) < 4.78 is 37.9. The number of rotatable bonds is 6. The number of sulfonamides is 1. The lowest BCUT2D eigenvalue weighted by Crippen LogP contribution is -2.26. The summed E-state index contributed by atoms with van der Waals surface area (Å²) in [5, 5.41) is 0. The van der Waals surface area contributed by atoms with Crippen molar-refractivity contribution in [3.63, 3.8) is 0 Å². The molecular formula is C17H20BrNO4S. The van der Waals surface area contributed by atoms with Crippen LogP contribution in [0.25, 0.3) is 0 Å². The second-order valence-electron chi connectivity index (χ2n) is 5.38. The molecule has 0 saturated carbocycles. The summed E-state index contributed by atoms with van der Waals surface area (Å²) in [5.41, 5.74) is 2.05. The lowest BCUT2D eigenvalue weighted by Gasteiger charge is -2.19. The largest absolute Gasteiger partial charge is 0.493 e. The first kappa shape index (κ1) is 18.8. The Labute approximate surface area is 151 Å². The van der Waals surface area contributed by atoms with Crippen LogP contribution < -0.4 is 9.47 Å². The normalized spacial score (nSPS) is 11.6. The minimum absolute atomic E-state index is 0.134. The number of hydrogen-bond donors (Lipinski definition) is 0. The molecule has 0 aliphatic carbocycles. The van der Waals surface area contributed by atoms with E-state index in [9.17, 15) is 8.42 Å².